The molecule has 0 unspecified atom stereocenters. The second-order valence-corrected chi connectivity index (χ2v) is 4.72. The summed E-state index contributed by atoms with van der Waals surface area (Å²) in [6.07, 6.45) is 0. The smallest absolute Gasteiger partial charge is 0.129 e. The average molecular weight is 290 g/mol. The summed E-state index contributed by atoms with van der Waals surface area (Å²) in [7, 11) is 0. The molecule has 0 fully saturated rings. The van der Waals surface area contributed by atoms with Crippen LogP contribution in [0.5, 0.6) is 5.75 Å². The van der Waals surface area contributed by atoms with Gasteiger partial charge in [-0.1, -0.05) is 17.7 Å². The molecule has 0 spiro atoms. The molecule has 0 N–H and O–H groups in total. The monoisotopic (exact) mass is 289 g/mol. The van der Waals surface area contributed by atoms with E-state index in [-0.39, 0.29) is 12.4 Å². The molecule has 2 aromatic carbocycles. The van der Waals surface area contributed by atoms with Crippen LogP contribution in [0.15, 0.2) is 36.4 Å². The molecule has 0 aliphatic carbocycles. The predicted molar refractivity (Wildman–Crippen MR) is 76.2 cm³/mol. The third kappa shape index (κ3) is 3.28. The molecule has 2 rings (SSSR count). The summed E-state index contributed by atoms with van der Waals surface area (Å²) >= 11 is 5.87. The zero-order valence-corrected chi connectivity index (χ0v) is 11.7. The summed E-state index contributed by atoms with van der Waals surface area (Å²) in [4.78, 5) is 0. The van der Waals surface area contributed by atoms with Crippen LogP contribution >= 0.6 is 11.6 Å². The van der Waals surface area contributed by atoms with Crippen molar-refractivity contribution in [3.63, 3.8) is 0 Å². The summed E-state index contributed by atoms with van der Waals surface area (Å²) in [5.41, 5.74) is 2.71. The third-order valence-electron chi connectivity index (χ3n) is 2.92. The van der Waals surface area contributed by atoms with E-state index < -0.39 is 0 Å². The summed E-state index contributed by atoms with van der Waals surface area (Å²) in [6.45, 7) is 2.03. The molecule has 0 amide bonds. The summed E-state index contributed by atoms with van der Waals surface area (Å²) in [5.74, 6) is 0.577. The van der Waals surface area contributed by atoms with Crippen molar-refractivity contribution < 1.29 is 9.13 Å². The van der Waals surface area contributed by atoms with Crippen LogP contribution in [0.4, 0.5) is 4.39 Å². The molecule has 102 valence electrons. The first-order chi connectivity index (χ1) is 9.63. The fourth-order valence-corrected chi connectivity index (χ4v) is 2.07. The van der Waals surface area contributed by atoms with Crippen molar-refractivity contribution in [3.05, 3.63) is 64.5 Å². The van der Waals surface area contributed by atoms with E-state index in [2.05, 4.69) is 0 Å². The molecule has 0 aliphatic heterocycles. The van der Waals surface area contributed by atoms with Crippen LogP contribution < -0.4 is 4.74 Å². The van der Waals surface area contributed by atoms with Gasteiger partial charge in [0.05, 0.1) is 17.5 Å². The number of hydrogen-bond donors (Lipinski definition) is 0. The van der Waals surface area contributed by atoms with Gasteiger partial charge in [0.2, 0.25) is 0 Å². The Morgan fingerprint density at radius 2 is 2.00 bits per heavy atom. The van der Waals surface area contributed by atoms with Gasteiger partial charge in [0.1, 0.15) is 18.2 Å². The van der Waals surface area contributed by atoms with Crippen LogP contribution in [0.1, 0.15) is 22.3 Å². The Balaban J connectivity index is 2.19. The van der Waals surface area contributed by atoms with Gasteiger partial charge in [0.15, 0.2) is 0 Å². The molecular formula is C16H13ClFNO. The maximum Gasteiger partial charge on any atom is 0.129 e. The minimum Gasteiger partial charge on any atom is -0.488 e. The molecule has 0 saturated carbocycles. The van der Waals surface area contributed by atoms with Gasteiger partial charge in [-0.15, -0.1) is 11.6 Å². The van der Waals surface area contributed by atoms with Crippen LogP contribution in [0.3, 0.4) is 0 Å². The first kappa shape index (κ1) is 14.4. The molecule has 2 nitrogen and oxygen atoms in total. The number of halogens is 2. The zero-order chi connectivity index (χ0) is 14.5. The minimum atomic E-state index is -0.386. The van der Waals surface area contributed by atoms with Crippen LogP contribution in [0.2, 0.25) is 0 Å². The molecule has 20 heavy (non-hydrogen) atoms. The standard InChI is InChI=1S/C16H13ClFNO/c1-11-2-5-16(13(6-11)8-17)20-10-14-7-12(9-19)3-4-15(14)18/h2-7H,8,10H2,1H3. The Labute approximate surface area is 122 Å². The highest BCUT2D eigenvalue weighted by Crippen LogP contribution is 2.23. The van der Waals surface area contributed by atoms with E-state index in [4.69, 9.17) is 21.6 Å². The Bertz CT molecular complexity index is 664. The van der Waals surface area contributed by atoms with Gasteiger partial charge in [0.25, 0.3) is 0 Å². The Hall–Kier alpha value is -2.05. The highest BCUT2D eigenvalue weighted by molar-refractivity contribution is 6.17. The van der Waals surface area contributed by atoms with E-state index in [0.717, 1.165) is 11.1 Å². The maximum absolute atomic E-state index is 13.6. The van der Waals surface area contributed by atoms with Crippen LogP contribution in [0, 0.1) is 24.1 Å². The summed E-state index contributed by atoms with van der Waals surface area (Å²) in [6, 6.07) is 11.8. The van der Waals surface area contributed by atoms with Crippen molar-refractivity contribution in [3.8, 4) is 11.8 Å². The number of nitrogens with zero attached hydrogens (tertiary/aromatic N) is 1. The van der Waals surface area contributed by atoms with Gasteiger partial charge in [-0.3, -0.25) is 0 Å². The number of ether oxygens (including phenoxy) is 1. The Morgan fingerprint density at radius 1 is 1.20 bits per heavy atom. The minimum absolute atomic E-state index is 0.0638. The lowest BCUT2D eigenvalue weighted by Gasteiger charge is -2.11. The second-order valence-electron chi connectivity index (χ2n) is 4.45. The number of hydrogen-bond acceptors (Lipinski definition) is 2. The van der Waals surface area contributed by atoms with E-state index in [9.17, 15) is 4.39 Å². The Kier molecular flexibility index (Phi) is 4.60. The first-order valence-electron chi connectivity index (χ1n) is 6.11. The molecule has 0 bridgehead atoms. The van der Waals surface area contributed by atoms with Gasteiger partial charge in [0, 0.05) is 11.1 Å². The number of aryl methyl sites for hydroxylation is 1. The highest BCUT2D eigenvalue weighted by Gasteiger charge is 2.07. The number of benzene rings is 2. The van der Waals surface area contributed by atoms with Crippen molar-refractivity contribution in [1.29, 1.82) is 5.26 Å². The molecule has 0 aliphatic rings. The molecule has 0 heterocycles. The van der Waals surface area contributed by atoms with Crippen molar-refractivity contribution in [2.45, 2.75) is 19.4 Å². The van der Waals surface area contributed by atoms with Gasteiger partial charge in [-0.05, 0) is 31.2 Å². The number of alkyl halides is 1. The van der Waals surface area contributed by atoms with E-state index in [0.29, 0.717) is 22.8 Å². The van der Waals surface area contributed by atoms with E-state index in [1.54, 1.807) is 0 Å². The lowest BCUT2D eigenvalue weighted by Crippen LogP contribution is -2.01. The SMILES string of the molecule is Cc1ccc(OCc2cc(C#N)ccc2F)c(CCl)c1. The van der Waals surface area contributed by atoms with Gasteiger partial charge < -0.3 is 4.74 Å². The van der Waals surface area contributed by atoms with Crippen molar-refractivity contribution >= 4 is 11.6 Å². The molecule has 0 radical (unpaired) electrons. The van der Waals surface area contributed by atoms with Gasteiger partial charge in [-0.2, -0.15) is 5.26 Å². The zero-order valence-electron chi connectivity index (χ0n) is 11.0. The number of rotatable bonds is 4. The lowest BCUT2D eigenvalue weighted by atomic mass is 10.1. The van der Waals surface area contributed by atoms with Crippen molar-refractivity contribution in [2.75, 3.05) is 0 Å². The maximum atomic E-state index is 13.6. The second kappa shape index (κ2) is 6.40. The van der Waals surface area contributed by atoms with Gasteiger partial charge >= 0.3 is 0 Å². The van der Waals surface area contributed by atoms with Crippen molar-refractivity contribution in [2.24, 2.45) is 0 Å². The first-order valence-corrected chi connectivity index (χ1v) is 6.64. The fraction of sp³-hybridized carbons (Fsp3) is 0.188. The fourth-order valence-electron chi connectivity index (χ4n) is 1.86. The molecule has 0 saturated heterocycles. The molecule has 4 heteroatoms. The number of nitriles is 1. The normalized spacial score (nSPS) is 10.1. The molecule has 0 aromatic heterocycles. The van der Waals surface area contributed by atoms with Crippen LogP contribution in [-0.2, 0) is 12.5 Å². The van der Waals surface area contributed by atoms with Crippen LogP contribution in [0.25, 0.3) is 0 Å². The average Bonchev–Trinajstić information content (AvgIpc) is 2.47. The van der Waals surface area contributed by atoms with Gasteiger partial charge in [-0.25, -0.2) is 4.39 Å². The largest absolute Gasteiger partial charge is 0.488 e. The third-order valence-corrected chi connectivity index (χ3v) is 3.21. The Morgan fingerprint density at radius 3 is 2.70 bits per heavy atom. The molecule has 0 atom stereocenters. The topological polar surface area (TPSA) is 33.0 Å². The van der Waals surface area contributed by atoms with E-state index in [1.165, 1.54) is 18.2 Å². The summed E-state index contributed by atoms with van der Waals surface area (Å²) < 4.78 is 19.3. The molecule has 2 aromatic rings. The van der Waals surface area contributed by atoms with Crippen LogP contribution in [-0.4, -0.2) is 0 Å². The molecular weight excluding hydrogens is 277 g/mol. The summed E-state index contributed by atoms with van der Waals surface area (Å²) in [5, 5.41) is 8.82. The van der Waals surface area contributed by atoms with Crippen molar-refractivity contribution in [1.82, 2.24) is 0 Å². The van der Waals surface area contributed by atoms with E-state index in [1.807, 2.05) is 31.2 Å². The lowest BCUT2D eigenvalue weighted by molar-refractivity contribution is 0.297. The quantitative estimate of drug-likeness (QED) is 0.785. The van der Waals surface area contributed by atoms with E-state index >= 15 is 0 Å². The highest BCUT2D eigenvalue weighted by atomic mass is 35.5. The predicted octanol–water partition coefficient (Wildman–Crippen LogP) is 4.32.